The van der Waals surface area contributed by atoms with Crippen LogP contribution in [0.2, 0.25) is 0 Å². The first-order valence-corrected chi connectivity index (χ1v) is 11.5. The predicted octanol–water partition coefficient (Wildman–Crippen LogP) is 5.20. The second-order valence-electron chi connectivity index (χ2n) is 7.86. The highest BCUT2D eigenvalue weighted by Gasteiger charge is 2.15. The van der Waals surface area contributed by atoms with Crippen molar-refractivity contribution in [3.63, 3.8) is 0 Å². The van der Waals surface area contributed by atoms with E-state index in [9.17, 15) is 14.0 Å². The summed E-state index contributed by atoms with van der Waals surface area (Å²) in [5.74, 6) is 0.549. The molecule has 2 aromatic carbocycles. The molecule has 0 aliphatic heterocycles. The van der Waals surface area contributed by atoms with Gasteiger partial charge < -0.3 is 19.8 Å². The molecule has 0 saturated carbocycles. The molecule has 0 bridgehead atoms. The fraction of sp³-hybridized carbons (Fsp3) is 0.385. The second-order valence-corrected chi connectivity index (χ2v) is 7.86. The Morgan fingerprint density at radius 1 is 1.00 bits per heavy atom. The van der Waals surface area contributed by atoms with E-state index in [-0.39, 0.29) is 11.3 Å². The molecule has 1 amide bonds. The fourth-order valence-electron chi connectivity index (χ4n) is 3.46. The first kappa shape index (κ1) is 24.3. The Kier molecular flexibility index (Phi) is 8.87. The van der Waals surface area contributed by atoms with Gasteiger partial charge in [0.2, 0.25) is 5.91 Å². The number of rotatable bonds is 12. The van der Waals surface area contributed by atoms with Crippen molar-refractivity contribution in [1.29, 1.82) is 0 Å². The average molecular weight is 455 g/mol. The molecule has 3 rings (SSSR count). The van der Waals surface area contributed by atoms with Crippen molar-refractivity contribution in [2.75, 3.05) is 19.8 Å². The quantitative estimate of drug-likeness (QED) is 0.369. The number of benzene rings is 2. The third-order valence-corrected chi connectivity index (χ3v) is 5.25. The summed E-state index contributed by atoms with van der Waals surface area (Å²) in [4.78, 5) is 27.8. The van der Waals surface area contributed by atoms with Crippen LogP contribution in [-0.2, 0) is 4.79 Å². The number of amides is 1. The average Bonchev–Trinajstić information content (AvgIpc) is 2.82. The van der Waals surface area contributed by atoms with Gasteiger partial charge in [-0.05, 0) is 49.1 Å². The zero-order chi connectivity index (χ0) is 23.6. The van der Waals surface area contributed by atoms with Crippen LogP contribution in [-0.4, -0.2) is 30.6 Å². The van der Waals surface area contributed by atoms with Gasteiger partial charge >= 0.3 is 0 Å². The van der Waals surface area contributed by atoms with Crippen molar-refractivity contribution in [2.24, 2.45) is 0 Å². The summed E-state index contributed by atoms with van der Waals surface area (Å²) in [5, 5.41) is 2.87. The Labute approximate surface area is 193 Å². The number of aromatic nitrogens is 1. The topological polar surface area (TPSA) is 80.4 Å². The molecule has 0 aliphatic rings. The van der Waals surface area contributed by atoms with E-state index < -0.39 is 11.2 Å². The molecular formula is C26H31FN2O4. The molecule has 0 saturated heterocycles. The summed E-state index contributed by atoms with van der Waals surface area (Å²) in [6, 6.07) is 9.84. The number of hydrogen-bond donors (Lipinski definition) is 2. The van der Waals surface area contributed by atoms with Crippen molar-refractivity contribution >= 4 is 16.8 Å². The van der Waals surface area contributed by atoms with Crippen LogP contribution >= 0.6 is 0 Å². The highest BCUT2D eigenvalue weighted by Crippen LogP contribution is 2.27. The number of ether oxygens (including phenoxy) is 2. The number of fused-ring (bicyclic) bond motifs is 1. The summed E-state index contributed by atoms with van der Waals surface area (Å²) in [6.07, 6.45) is 5.45. The molecule has 1 heterocycles. The zero-order valence-corrected chi connectivity index (χ0v) is 19.2. The molecule has 3 aromatic rings. The van der Waals surface area contributed by atoms with E-state index in [1.54, 1.807) is 30.5 Å². The fourth-order valence-corrected chi connectivity index (χ4v) is 3.46. The van der Waals surface area contributed by atoms with Crippen molar-refractivity contribution in [3.8, 4) is 22.6 Å². The van der Waals surface area contributed by atoms with Gasteiger partial charge in [-0.3, -0.25) is 9.59 Å². The highest BCUT2D eigenvalue weighted by atomic mass is 19.1. The molecule has 0 aliphatic carbocycles. The second kappa shape index (κ2) is 12.0. The van der Waals surface area contributed by atoms with Gasteiger partial charge in [-0.1, -0.05) is 32.4 Å². The minimum Gasteiger partial charge on any atom is -0.494 e. The summed E-state index contributed by atoms with van der Waals surface area (Å²) in [7, 11) is 0. The number of nitrogens with one attached hydrogen (secondary N) is 2. The van der Waals surface area contributed by atoms with Gasteiger partial charge in [-0.25, -0.2) is 4.39 Å². The third kappa shape index (κ3) is 6.34. The normalized spacial score (nSPS) is 10.9. The van der Waals surface area contributed by atoms with Gasteiger partial charge in [0.25, 0.3) is 0 Å². The summed E-state index contributed by atoms with van der Waals surface area (Å²) < 4.78 is 25.9. The highest BCUT2D eigenvalue weighted by molar-refractivity contribution is 5.88. The van der Waals surface area contributed by atoms with Gasteiger partial charge in [0.1, 0.15) is 17.3 Å². The molecule has 6 nitrogen and oxygen atoms in total. The van der Waals surface area contributed by atoms with E-state index in [2.05, 4.69) is 17.2 Å². The molecule has 0 unspecified atom stereocenters. The van der Waals surface area contributed by atoms with Crippen molar-refractivity contribution in [2.45, 2.75) is 46.0 Å². The lowest BCUT2D eigenvalue weighted by Gasteiger charge is -2.11. The lowest BCUT2D eigenvalue weighted by atomic mass is 10.0. The smallest absolute Gasteiger partial charge is 0.220 e. The Bertz CT molecular complexity index is 1130. The van der Waals surface area contributed by atoms with Crippen LogP contribution in [0.1, 0.15) is 46.0 Å². The van der Waals surface area contributed by atoms with Crippen LogP contribution in [0.25, 0.3) is 22.0 Å². The zero-order valence-electron chi connectivity index (χ0n) is 19.2. The Hall–Kier alpha value is -3.35. The Morgan fingerprint density at radius 3 is 2.52 bits per heavy atom. The summed E-state index contributed by atoms with van der Waals surface area (Å²) >= 11 is 0. The molecule has 0 radical (unpaired) electrons. The minimum absolute atomic E-state index is 0.0151. The van der Waals surface area contributed by atoms with Crippen LogP contribution in [0.3, 0.4) is 0 Å². The number of unbranched alkanes of at least 4 members (excludes halogenated alkanes) is 1. The minimum atomic E-state index is -0.587. The molecule has 0 fully saturated rings. The van der Waals surface area contributed by atoms with Gasteiger partial charge in [-0.2, -0.15) is 0 Å². The number of hydrogen-bond acceptors (Lipinski definition) is 4. The SMILES string of the molecule is CCCCNC(=O)CCCOc1ccc(-c2c[nH]c3c(OCCC)ccc(F)c3c2=O)cc1. The molecule has 7 heteroatoms. The predicted molar refractivity (Wildman–Crippen MR) is 128 cm³/mol. The number of carbonyl (C=O) groups is 1. The standard InChI is InChI=1S/C26H31FN2O4/c1-3-5-14-28-23(30)7-6-16-32-19-10-8-18(9-11-19)20-17-29-25-22(33-15-4-2)13-12-21(27)24(25)26(20)31/h8-13,17H,3-7,14-16H2,1-2H3,(H,28,30)(H,29,31). The molecule has 2 N–H and O–H groups in total. The molecule has 0 spiro atoms. The molecular weight excluding hydrogens is 423 g/mol. The van der Waals surface area contributed by atoms with Crippen LogP contribution < -0.4 is 20.2 Å². The van der Waals surface area contributed by atoms with Crippen LogP contribution in [0.5, 0.6) is 11.5 Å². The molecule has 176 valence electrons. The van der Waals surface area contributed by atoms with E-state index in [1.165, 1.54) is 12.1 Å². The number of carbonyl (C=O) groups excluding carboxylic acids is 1. The van der Waals surface area contributed by atoms with Crippen LogP contribution in [0, 0.1) is 5.82 Å². The van der Waals surface area contributed by atoms with Gasteiger partial charge in [0, 0.05) is 24.7 Å². The molecule has 0 atom stereocenters. The summed E-state index contributed by atoms with van der Waals surface area (Å²) in [6.45, 7) is 5.67. The van der Waals surface area contributed by atoms with Crippen molar-refractivity contribution in [3.05, 3.63) is 58.6 Å². The van der Waals surface area contributed by atoms with E-state index in [0.717, 1.165) is 19.3 Å². The van der Waals surface area contributed by atoms with Crippen molar-refractivity contribution < 1.29 is 18.7 Å². The number of H-pyrrole nitrogens is 1. The number of aromatic amines is 1. The van der Waals surface area contributed by atoms with Crippen molar-refractivity contribution in [1.82, 2.24) is 10.3 Å². The van der Waals surface area contributed by atoms with E-state index >= 15 is 0 Å². The molecule has 1 aromatic heterocycles. The van der Waals surface area contributed by atoms with Gasteiger partial charge in [-0.15, -0.1) is 0 Å². The first-order chi connectivity index (χ1) is 16.0. The van der Waals surface area contributed by atoms with E-state index in [1.807, 2.05) is 6.92 Å². The molecule has 33 heavy (non-hydrogen) atoms. The van der Waals surface area contributed by atoms with Crippen LogP contribution in [0.4, 0.5) is 4.39 Å². The maximum absolute atomic E-state index is 14.5. The van der Waals surface area contributed by atoms with E-state index in [4.69, 9.17) is 9.47 Å². The largest absolute Gasteiger partial charge is 0.494 e. The first-order valence-electron chi connectivity index (χ1n) is 11.5. The maximum atomic E-state index is 14.5. The monoisotopic (exact) mass is 454 g/mol. The number of pyridine rings is 1. The lowest BCUT2D eigenvalue weighted by Crippen LogP contribution is -2.24. The van der Waals surface area contributed by atoms with Gasteiger partial charge in [0.05, 0.1) is 24.1 Å². The Morgan fingerprint density at radius 2 is 1.79 bits per heavy atom. The summed E-state index contributed by atoms with van der Waals surface area (Å²) in [5.41, 5.74) is 0.978. The maximum Gasteiger partial charge on any atom is 0.220 e. The number of halogens is 1. The lowest BCUT2D eigenvalue weighted by molar-refractivity contribution is -0.121. The van der Waals surface area contributed by atoms with E-state index in [0.29, 0.717) is 60.7 Å². The van der Waals surface area contributed by atoms with Gasteiger partial charge in [0.15, 0.2) is 5.43 Å². The Balaban J connectivity index is 1.66. The van der Waals surface area contributed by atoms with Crippen LogP contribution in [0.15, 0.2) is 47.4 Å². The third-order valence-electron chi connectivity index (χ3n) is 5.25.